The van der Waals surface area contributed by atoms with E-state index in [1.165, 1.54) is 10.4 Å². The van der Waals surface area contributed by atoms with Gasteiger partial charge in [-0.2, -0.15) is 0 Å². The van der Waals surface area contributed by atoms with Gasteiger partial charge in [-0.05, 0) is 37.8 Å². The van der Waals surface area contributed by atoms with Gasteiger partial charge in [0.2, 0.25) is 5.91 Å². The monoisotopic (exact) mass is 268 g/mol. The summed E-state index contributed by atoms with van der Waals surface area (Å²) in [7, 11) is 0. The van der Waals surface area contributed by atoms with Gasteiger partial charge in [-0.3, -0.25) is 4.79 Å². The van der Waals surface area contributed by atoms with Crippen LogP contribution >= 0.6 is 11.3 Å². The van der Waals surface area contributed by atoms with Gasteiger partial charge in [0, 0.05) is 23.4 Å². The fourth-order valence-corrected chi connectivity index (χ4v) is 2.83. The molecule has 0 spiro atoms. The van der Waals surface area contributed by atoms with Gasteiger partial charge in [-0.15, -0.1) is 11.3 Å². The van der Waals surface area contributed by atoms with E-state index in [2.05, 4.69) is 37.5 Å². The van der Waals surface area contributed by atoms with Crippen molar-refractivity contribution < 1.29 is 4.79 Å². The first-order valence-corrected chi connectivity index (χ1v) is 7.11. The highest BCUT2D eigenvalue weighted by molar-refractivity contribution is 7.10. The van der Waals surface area contributed by atoms with E-state index in [-0.39, 0.29) is 11.3 Å². The van der Waals surface area contributed by atoms with Crippen LogP contribution in [0.25, 0.3) is 0 Å². The molecular weight excluding hydrogens is 244 g/mol. The first-order valence-electron chi connectivity index (χ1n) is 6.23. The lowest BCUT2D eigenvalue weighted by Crippen LogP contribution is -2.45. The second kappa shape index (κ2) is 5.41. The minimum Gasteiger partial charge on any atom is -0.355 e. The number of rotatable bonds is 5. The Morgan fingerprint density at radius 2 is 2.00 bits per heavy atom. The van der Waals surface area contributed by atoms with Crippen molar-refractivity contribution in [3.8, 4) is 0 Å². The lowest BCUT2D eigenvalue weighted by atomic mass is 9.87. The summed E-state index contributed by atoms with van der Waals surface area (Å²) in [6, 6.07) is 2.12. The van der Waals surface area contributed by atoms with E-state index in [1.54, 1.807) is 11.3 Å². The molecule has 0 aliphatic rings. The molecule has 0 radical (unpaired) electrons. The Bertz CT molecular complexity index is 421. The maximum absolute atomic E-state index is 12.0. The zero-order valence-corrected chi connectivity index (χ0v) is 12.8. The molecule has 1 aromatic heterocycles. The minimum atomic E-state index is -0.499. The third-order valence-corrected chi connectivity index (χ3v) is 4.68. The Morgan fingerprint density at radius 3 is 2.44 bits per heavy atom. The van der Waals surface area contributed by atoms with Crippen LogP contribution in [0.4, 0.5) is 0 Å². The lowest BCUT2D eigenvalue weighted by Gasteiger charge is -2.28. The van der Waals surface area contributed by atoms with Crippen molar-refractivity contribution in [2.75, 3.05) is 13.1 Å². The topological polar surface area (TPSA) is 55.1 Å². The average Bonchev–Trinajstić information content (AvgIpc) is 2.73. The van der Waals surface area contributed by atoms with Crippen molar-refractivity contribution in [1.29, 1.82) is 0 Å². The van der Waals surface area contributed by atoms with E-state index in [0.29, 0.717) is 13.1 Å². The molecule has 102 valence electrons. The normalized spacial score (nSPS) is 12.6. The van der Waals surface area contributed by atoms with Gasteiger partial charge in [-0.1, -0.05) is 13.8 Å². The maximum Gasteiger partial charge on any atom is 0.226 e. The molecule has 1 amide bonds. The Hall–Kier alpha value is -0.870. The fourth-order valence-electron chi connectivity index (χ4n) is 1.78. The highest BCUT2D eigenvalue weighted by atomic mass is 32.1. The summed E-state index contributed by atoms with van der Waals surface area (Å²) < 4.78 is 0. The molecule has 3 nitrogen and oxygen atoms in total. The first-order chi connectivity index (χ1) is 8.20. The van der Waals surface area contributed by atoms with Crippen LogP contribution in [0, 0.1) is 12.3 Å². The number of amides is 1. The van der Waals surface area contributed by atoms with Crippen LogP contribution in [-0.4, -0.2) is 19.0 Å². The summed E-state index contributed by atoms with van der Waals surface area (Å²) >= 11 is 1.75. The van der Waals surface area contributed by atoms with E-state index in [4.69, 9.17) is 5.73 Å². The number of nitrogens with one attached hydrogen (secondary N) is 1. The van der Waals surface area contributed by atoms with E-state index in [0.717, 1.165) is 0 Å². The quantitative estimate of drug-likeness (QED) is 0.862. The maximum atomic E-state index is 12.0. The van der Waals surface area contributed by atoms with Gasteiger partial charge in [0.15, 0.2) is 0 Å². The number of carbonyl (C=O) groups excluding carboxylic acids is 1. The Kier molecular flexibility index (Phi) is 4.56. The van der Waals surface area contributed by atoms with Gasteiger partial charge in [-0.25, -0.2) is 0 Å². The molecule has 4 heteroatoms. The highest BCUT2D eigenvalue weighted by Gasteiger charge is 2.29. The molecule has 0 aliphatic heterocycles. The molecule has 0 aliphatic carbocycles. The van der Waals surface area contributed by atoms with Crippen molar-refractivity contribution in [1.82, 2.24) is 5.32 Å². The third kappa shape index (κ3) is 3.33. The molecule has 18 heavy (non-hydrogen) atoms. The van der Waals surface area contributed by atoms with E-state index >= 15 is 0 Å². The second-order valence-corrected chi connectivity index (χ2v) is 7.00. The van der Waals surface area contributed by atoms with Crippen LogP contribution in [0.5, 0.6) is 0 Å². The van der Waals surface area contributed by atoms with Crippen LogP contribution < -0.4 is 11.1 Å². The summed E-state index contributed by atoms with van der Waals surface area (Å²) in [6.45, 7) is 11.1. The van der Waals surface area contributed by atoms with Gasteiger partial charge in [0.25, 0.3) is 0 Å². The van der Waals surface area contributed by atoms with Crippen molar-refractivity contribution in [3.63, 3.8) is 0 Å². The third-order valence-electron chi connectivity index (χ3n) is 3.29. The number of aryl methyl sites for hydroxylation is 1. The SMILES string of the molecule is Cc1ccsc1C(C)(C)CNC(=O)C(C)(C)CN. The smallest absolute Gasteiger partial charge is 0.226 e. The fraction of sp³-hybridized carbons (Fsp3) is 0.643. The number of carbonyl (C=O) groups is 1. The molecule has 0 fully saturated rings. The molecule has 0 saturated heterocycles. The molecule has 3 N–H and O–H groups in total. The number of hydrogen-bond donors (Lipinski definition) is 2. The minimum absolute atomic E-state index is 0.0206. The van der Waals surface area contributed by atoms with Crippen LogP contribution in [0.15, 0.2) is 11.4 Å². The largest absolute Gasteiger partial charge is 0.355 e. The molecule has 0 bridgehead atoms. The molecule has 1 aromatic rings. The van der Waals surface area contributed by atoms with Crippen molar-refractivity contribution in [2.45, 2.75) is 40.0 Å². The summed E-state index contributed by atoms with van der Waals surface area (Å²) in [4.78, 5) is 13.3. The standard InChI is InChI=1S/C14H24N2OS/c1-10-6-7-18-11(10)14(4,5)9-16-12(17)13(2,3)8-15/h6-7H,8-9,15H2,1-5H3,(H,16,17). The average molecular weight is 268 g/mol. The Balaban J connectivity index is 2.69. The Labute approximate surface area is 114 Å². The molecule has 0 unspecified atom stereocenters. The highest BCUT2D eigenvalue weighted by Crippen LogP contribution is 2.30. The molecule has 1 rings (SSSR count). The molecule has 0 saturated carbocycles. The summed E-state index contributed by atoms with van der Waals surface area (Å²) in [5.74, 6) is 0.0206. The van der Waals surface area contributed by atoms with Crippen molar-refractivity contribution >= 4 is 17.2 Å². The second-order valence-electron chi connectivity index (χ2n) is 6.09. The van der Waals surface area contributed by atoms with Gasteiger partial charge in [0.05, 0.1) is 5.41 Å². The first kappa shape index (κ1) is 15.2. The zero-order chi connectivity index (χ0) is 14.0. The lowest BCUT2D eigenvalue weighted by molar-refractivity contribution is -0.129. The van der Waals surface area contributed by atoms with Crippen molar-refractivity contribution in [2.24, 2.45) is 11.1 Å². The molecule has 1 heterocycles. The van der Waals surface area contributed by atoms with Crippen LogP contribution in [0.2, 0.25) is 0 Å². The van der Waals surface area contributed by atoms with E-state index in [1.807, 2.05) is 13.8 Å². The van der Waals surface area contributed by atoms with Gasteiger partial charge >= 0.3 is 0 Å². The van der Waals surface area contributed by atoms with Crippen LogP contribution in [0.3, 0.4) is 0 Å². The molecule has 0 aromatic carbocycles. The van der Waals surface area contributed by atoms with Gasteiger partial charge < -0.3 is 11.1 Å². The summed E-state index contributed by atoms with van der Waals surface area (Å²) in [5.41, 5.74) is 6.35. The van der Waals surface area contributed by atoms with Crippen LogP contribution in [-0.2, 0) is 10.2 Å². The van der Waals surface area contributed by atoms with E-state index < -0.39 is 5.41 Å². The van der Waals surface area contributed by atoms with Crippen LogP contribution in [0.1, 0.15) is 38.1 Å². The van der Waals surface area contributed by atoms with Gasteiger partial charge in [0.1, 0.15) is 0 Å². The van der Waals surface area contributed by atoms with Crippen molar-refractivity contribution in [3.05, 3.63) is 21.9 Å². The number of thiophene rings is 1. The summed E-state index contributed by atoms with van der Waals surface area (Å²) in [5, 5.41) is 5.11. The van der Waals surface area contributed by atoms with E-state index in [9.17, 15) is 4.79 Å². The predicted octanol–water partition coefficient (Wildman–Crippen LogP) is 2.44. The Morgan fingerprint density at radius 1 is 1.39 bits per heavy atom. The predicted molar refractivity (Wildman–Crippen MR) is 77.9 cm³/mol. The number of nitrogens with two attached hydrogens (primary N) is 1. The number of hydrogen-bond acceptors (Lipinski definition) is 3. The molecule has 0 atom stereocenters. The molecular formula is C14H24N2OS. The summed E-state index contributed by atoms with van der Waals surface area (Å²) in [6.07, 6.45) is 0. The zero-order valence-electron chi connectivity index (χ0n) is 12.0.